The van der Waals surface area contributed by atoms with Crippen molar-refractivity contribution in [1.29, 1.82) is 0 Å². The van der Waals surface area contributed by atoms with Crippen LogP contribution in [-0.4, -0.2) is 74.7 Å². The van der Waals surface area contributed by atoms with Gasteiger partial charge in [-0.15, -0.1) is 24.0 Å². The summed E-state index contributed by atoms with van der Waals surface area (Å²) in [6, 6.07) is 0.534. The normalized spacial score (nSPS) is 21.7. The molecule has 2 heterocycles. The zero-order valence-electron chi connectivity index (χ0n) is 17.7. The maximum Gasteiger partial charge on any atom is 0.308 e. The fourth-order valence-electron chi connectivity index (χ4n) is 4.17. The Kier molecular flexibility index (Phi) is 11.0. The van der Waals surface area contributed by atoms with Gasteiger partial charge in [-0.05, 0) is 50.6 Å². The fourth-order valence-corrected chi connectivity index (χ4v) is 4.17. The molecule has 2 saturated heterocycles. The molecule has 2 aliphatic rings. The topological polar surface area (TPSA) is 57.2 Å². The molecule has 0 saturated carbocycles. The first-order valence-electron chi connectivity index (χ1n) is 10.2. The highest BCUT2D eigenvalue weighted by molar-refractivity contribution is 14.0. The summed E-state index contributed by atoms with van der Waals surface area (Å²) in [6.45, 7) is 12.0. The second-order valence-electron chi connectivity index (χ2n) is 8.24. The number of aliphatic imine (C=N–C) groups is 1. The summed E-state index contributed by atoms with van der Waals surface area (Å²) < 4.78 is 4.88. The number of likely N-dealkylation sites (tertiary alicyclic amines) is 2. The van der Waals surface area contributed by atoms with Gasteiger partial charge < -0.3 is 15.0 Å². The standard InChI is InChI=1S/C20H38N4O2.HI/c1-15(2)18(23-10-6-16(3)7-11-23)14-22-20(21-4)24-12-8-17(9-13-24)19(25)26-5;/h15-18H,6-14H2,1-5H3,(H,21,22);1H. The first-order chi connectivity index (χ1) is 12.5. The predicted octanol–water partition coefficient (Wildman–Crippen LogP) is 2.82. The average Bonchev–Trinajstić information content (AvgIpc) is 2.65. The van der Waals surface area contributed by atoms with Crippen molar-refractivity contribution < 1.29 is 9.53 Å². The lowest BCUT2D eigenvalue weighted by Crippen LogP contribution is -2.53. The summed E-state index contributed by atoms with van der Waals surface area (Å²) in [5.74, 6) is 2.39. The molecule has 2 aliphatic heterocycles. The first-order valence-corrected chi connectivity index (χ1v) is 10.2. The van der Waals surface area contributed by atoms with Crippen molar-refractivity contribution in [2.24, 2.45) is 22.7 Å². The van der Waals surface area contributed by atoms with E-state index in [1.807, 2.05) is 7.05 Å². The minimum absolute atomic E-state index is 0. The fraction of sp³-hybridized carbons (Fsp3) is 0.900. The predicted molar refractivity (Wildman–Crippen MR) is 122 cm³/mol. The zero-order valence-corrected chi connectivity index (χ0v) is 20.1. The van der Waals surface area contributed by atoms with Crippen molar-refractivity contribution in [2.45, 2.75) is 52.5 Å². The average molecular weight is 494 g/mol. The third-order valence-electron chi connectivity index (χ3n) is 6.07. The highest BCUT2D eigenvalue weighted by Crippen LogP contribution is 2.22. The van der Waals surface area contributed by atoms with E-state index in [2.05, 4.69) is 40.9 Å². The Morgan fingerprint density at radius 3 is 2.22 bits per heavy atom. The molecule has 0 aromatic heterocycles. The van der Waals surface area contributed by atoms with Crippen molar-refractivity contribution in [2.75, 3.05) is 46.9 Å². The highest BCUT2D eigenvalue weighted by atomic mass is 127. The van der Waals surface area contributed by atoms with Gasteiger partial charge in [0, 0.05) is 32.7 Å². The van der Waals surface area contributed by atoms with E-state index in [-0.39, 0.29) is 35.9 Å². The summed E-state index contributed by atoms with van der Waals surface area (Å²) in [7, 11) is 3.32. The van der Waals surface area contributed by atoms with Crippen molar-refractivity contribution >= 4 is 35.9 Å². The molecule has 0 amide bonds. The monoisotopic (exact) mass is 494 g/mol. The number of piperidine rings is 2. The van der Waals surface area contributed by atoms with E-state index in [4.69, 9.17) is 4.74 Å². The highest BCUT2D eigenvalue weighted by Gasteiger charge is 2.29. The molecule has 27 heavy (non-hydrogen) atoms. The number of methoxy groups -OCH3 is 1. The number of hydrogen-bond donors (Lipinski definition) is 1. The van der Waals surface area contributed by atoms with Gasteiger partial charge in [0.1, 0.15) is 0 Å². The van der Waals surface area contributed by atoms with Crippen molar-refractivity contribution in [3.05, 3.63) is 0 Å². The van der Waals surface area contributed by atoms with Gasteiger partial charge in [-0.3, -0.25) is 14.7 Å². The maximum atomic E-state index is 11.7. The number of rotatable bonds is 5. The summed E-state index contributed by atoms with van der Waals surface area (Å²) in [4.78, 5) is 21.1. The van der Waals surface area contributed by atoms with Crippen LogP contribution in [0.25, 0.3) is 0 Å². The van der Waals surface area contributed by atoms with E-state index in [1.54, 1.807) is 0 Å². The lowest BCUT2D eigenvalue weighted by atomic mass is 9.94. The van der Waals surface area contributed by atoms with Crippen molar-refractivity contribution in [3.63, 3.8) is 0 Å². The molecule has 2 fully saturated rings. The number of esters is 1. The Balaban J connectivity index is 0.00000364. The number of nitrogens with zero attached hydrogens (tertiary/aromatic N) is 3. The van der Waals surface area contributed by atoms with Crippen LogP contribution < -0.4 is 5.32 Å². The van der Waals surface area contributed by atoms with Crippen molar-refractivity contribution in [3.8, 4) is 0 Å². The van der Waals surface area contributed by atoms with E-state index >= 15 is 0 Å². The minimum Gasteiger partial charge on any atom is -0.469 e. The molecule has 1 unspecified atom stereocenters. The smallest absolute Gasteiger partial charge is 0.308 e. The van der Waals surface area contributed by atoms with Crippen LogP contribution in [0.15, 0.2) is 4.99 Å². The molecule has 2 rings (SSSR count). The summed E-state index contributed by atoms with van der Waals surface area (Å²) >= 11 is 0. The van der Waals surface area contributed by atoms with Gasteiger partial charge in [0.05, 0.1) is 13.0 Å². The molecule has 0 bridgehead atoms. The molecule has 158 valence electrons. The molecule has 0 aromatic rings. The molecular formula is C20H39IN4O2. The van der Waals surface area contributed by atoms with Crippen LogP contribution in [0.1, 0.15) is 46.5 Å². The van der Waals surface area contributed by atoms with E-state index < -0.39 is 0 Å². The van der Waals surface area contributed by atoms with Crippen LogP contribution >= 0.6 is 24.0 Å². The minimum atomic E-state index is -0.0770. The van der Waals surface area contributed by atoms with Crippen LogP contribution in [0.5, 0.6) is 0 Å². The maximum absolute atomic E-state index is 11.7. The summed E-state index contributed by atoms with van der Waals surface area (Å²) in [5.41, 5.74) is 0. The summed E-state index contributed by atoms with van der Waals surface area (Å²) in [6.07, 6.45) is 4.29. The van der Waals surface area contributed by atoms with E-state index in [0.29, 0.717) is 12.0 Å². The number of nitrogens with one attached hydrogen (secondary N) is 1. The molecule has 7 heteroatoms. The van der Waals surface area contributed by atoms with Gasteiger partial charge in [-0.2, -0.15) is 0 Å². The van der Waals surface area contributed by atoms with Crippen LogP contribution in [0.4, 0.5) is 0 Å². The first kappa shape index (κ1) is 24.5. The Labute approximate surface area is 182 Å². The Morgan fingerprint density at radius 1 is 1.15 bits per heavy atom. The summed E-state index contributed by atoms with van der Waals surface area (Å²) in [5, 5.41) is 3.61. The second-order valence-corrected chi connectivity index (χ2v) is 8.24. The van der Waals surface area contributed by atoms with Crippen molar-refractivity contribution in [1.82, 2.24) is 15.1 Å². The molecule has 0 radical (unpaired) electrons. The van der Waals surface area contributed by atoms with E-state index in [1.165, 1.54) is 33.0 Å². The van der Waals surface area contributed by atoms with Crippen LogP contribution in [0, 0.1) is 17.8 Å². The Hall–Kier alpha value is -0.570. The van der Waals surface area contributed by atoms with E-state index in [0.717, 1.165) is 44.4 Å². The molecule has 0 spiro atoms. The number of carbonyl (C=O) groups excluding carboxylic acids is 1. The Morgan fingerprint density at radius 2 is 1.74 bits per heavy atom. The van der Waals surface area contributed by atoms with Gasteiger partial charge in [-0.25, -0.2) is 0 Å². The van der Waals surface area contributed by atoms with Gasteiger partial charge in [0.25, 0.3) is 0 Å². The van der Waals surface area contributed by atoms with E-state index in [9.17, 15) is 4.79 Å². The number of ether oxygens (including phenoxy) is 1. The Bertz CT molecular complexity index is 471. The number of hydrogen-bond acceptors (Lipinski definition) is 4. The molecular weight excluding hydrogens is 455 g/mol. The second kappa shape index (κ2) is 12.1. The molecule has 0 aromatic carbocycles. The lowest BCUT2D eigenvalue weighted by molar-refractivity contribution is -0.146. The molecule has 6 nitrogen and oxygen atoms in total. The molecule has 1 atom stereocenters. The van der Waals surface area contributed by atoms with Gasteiger partial charge in [0.15, 0.2) is 5.96 Å². The quantitative estimate of drug-likeness (QED) is 0.276. The molecule has 0 aliphatic carbocycles. The number of halogens is 1. The number of guanidine groups is 1. The van der Waals surface area contributed by atoms with Gasteiger partial charge >= 0.3 is 5.97 Å². The number of carbonyl (C=O) groups is 1. The largest absolute Gasteiger partial charge is 0.469 e. The van der Waals surface area contributed by atoms with Gasteiger partial charge in [-0.1, -0.05) is 20.8 Å². The molecule has 1 N–H and O–H groups in total. The van der Waals surface area contributed by atoms with Gasteiger partial charge in [0.2, 0.25) is 0 Å². The van der Waals surface area contributed by atoms with Crippen LogP contribution in [-0.2, 0) is 9.53 Å². The van der Waals surface area contributed by atoms with Crippen LogP contribution in [0.3, 0.4) is 0 Å². The van der Waals surface area contributed by atoms with Crippen LogP contribution in [0.2, 0.25) is 0 Å². The zero-order chi connectivity index (χ0) is 19.1. The SMILES string of the molecule is CN=C(NCC(C(C)C)N1CCC(C)CC1)N1CCC(C(=O)OC)CC1.I. The third kappa shape index (κ3) is 7.07. The third-order valence-corrected chi connectivity index (χ3v) is 6.07. The lowest BCUT2D eigenvalue weighted by Gasteiger charge is -2.40.